The molecule has 1 aromatic carbocycles. The van der Waals surface area contributed by atoms with E-state index in [-0.39, 0.29) is 12.1 Å². The minimum atomic E-state index is -4.58. The third-order valence-electron chi connectivity index (χ3n) is 4.45. The van der Waals surface area contributed by atoms with Crippen LogP contribution in [0.5, 0.6) is 0 Å². The van der Waals surface area contributed by atoms with Crippen LogP contribution in [-0.4, -0.2) is 27.2 Å². The Morgan fingerprint density at radius 3 is 2.50 bits per heavy atom. The first kappa shape index (κ1) is 19.6. The molecule has 0 bridgehead atoms. The number of carbonyl (C=O) groups excluding carboxylic acids is 1. The molecule has 2 aromatic heterocycles. The Morgan fingerprint density at radius 2 is 1.82 bits per heavy atom. The van der Waals surface area contributed by atoms with Crippen molar-refractivity contribution < 1.29 is 18.0 Å². The predicted molar refractivity (Wildman–Crippen MR) is 98.3 cm³/mol. The summed E-state index contributed by atoms with van der Waals surface area (Å²) in [5, 5.41) is 7.05. The van der Waals surface area contributed by atoms with E-state index in [9.17, 15) is 18.0 Å². The van der Waals surface area contributed by atoms with E-state index < -0.39 is 17.6 Å². The van der Waals surface area contributed by atoms with Gasteiger partial charge >= 0.3 is 6.18 Å². The topological polar surface area (TPSA) is 59.8 Å². The van der Waals surface area contributed by atoms with Crippen LogP contribution in [0.15, 0.2) is 48.7 Å². The molecule has 1 amide bonds. The summed E-state index contributed by atoms with van der Waals surface area (Å²) >= 11 is 0. The average Bonchev–Trinajstić information content (AvgIpc) is 2.96. The zero-order valence-corrected chi connectivity index (χ0v) is 15.4. The van der Waals surface area contributed by atoms with Crippen molar-refractivity contribution >= 4 is 5.91 Å². The molecule has 0 radical (unpaired) electrons. The summed E-state index contributed by atoms with van der Waals surface area (Å²) in [7, 11) is 0. The lowest BCUT2D eigenvalue weighted by molar-refractivity contribution is -0.137. The van der Waals surface area contributed by atoms with Crippen LogP contribution in [0.25, 0.3) is 5.82 Å². The van der Waals surface area contributed by atoms with Crippen molar-refractivity contribution in [1.29, 1.82) is 0 Å². The van der Waals surface area contributed by atoms with Crippen molar-refractivity contribution in [2.24, 2.45) is 0 Å². The van der Waals surface area contributed by atoms with Crippen LogP contribution in [0.3, 0.4) is 0 Å². The predicted octanol–water partition coefficient (Wildman–Crippen LogP) is 3.88. The molecule has 0 spiro atoms. The lowest BCUT2D eigenvalue weighted by Gasteiger charge is -2.12. The van der Waals surface area contributed by atoms with Crippen LogP contribution in [0, 0.1) is 13.8 Å². The van der Waals surface area contributed by atoms with Gasteiger partial charge in [-0.2, -0.15) is 18.3 Å². The van der Waals surface area contributed by atoms with Gasteiger partial charge in [-0.15, -0.1) is 0 Å². The second kappa shape index (κ2) is 7.84. The van der Waals surface area contributed by atoms with Crippen molar-refractivity contribution in [1.82, 2.24) is 20.1 Å². The molecule has 0 saturated carbocycles. The lowest BCUT2D eigenvalue weighted by atomic mass is 10.1. The van der Waals surface area contributed by atoms with Gasteiger partial charge in [-0.05, 0) is 50.1 Å². The number of aromatic nitrogens is 3. The maximum absolute atomic E-state index is 13.1. The maximum Gasteiger partial charge on any atom is 0.417 e. The van der Waals surface area contributed by atoms with E-state index in [4.69, 9.17) is 0 Å². The number of amides is 1. The van der Waals surface area contributed by atoms with Crippen LogP contribution < -0.4 is 5.32 Å². The van der Waals surface area contributed by atoms with E-state index in [2.05, 4.69) is 15.4 Å². The zero-order chi connectivity index (χ0) is 20.3. The molecule has 3 aromatic rings. The Bertz CT molecular complexity index is 981. The monoisotopic (exact) mass is 388 g/mol. The second-order valence-corrected chi connectivity index (χ2v) is 6.30. The highest BCUT2D eigenvalue weighted by Gasteiger charge is 2.34. The Morgan fingerprint density at radius 1 is 1.11 bits per heavy atom. The van der Waals surface area contributed by atoms with Crippen LogP contribution in [0.1, 0.15) is 32.9 Å². The highest BCUT2D eigenvalue weighted by atomic mass is 19.4. The van der Waals surface area contributed by atoms with Gasteiger partial charge in [-0.25, -0.2) is 9.67 Å². The summed E-state index contributed by atoms with van der Waals surface area (Å²) in [5.41, 5.74) is 1.26. The van der Waals surface area contributed by atoms with Gasteiger partial charge < -0.3 is 5.32 Å². The van der Waals surface area contributed by atoms with Gasteiger partial charge in [0.1, 0.15) is 0 Å². The smallest absolute Gasteiger partial charge is 0.352 e. The highest BCUT2D eigenvalue weighted by Crippen LogP contribution is 2.31. The molecule has 8 heteroatoms. The van der Waals surface area contributed by atoms with Crippen molar-refractivity contribution in [3.8, 4) is 5.82 Å². The molecular weight excluding hydrogens is 369 g/mol. The number of carbonyl (C=O) groups is 1. The first-order chi connectivity index (χ1) is 13.3. The molecular formula is C20H19F3N4O. The molecule has 0 unspecified atom stereocenters. The molecule has 0 aliphatic rings. The molecule has 1 N–H and O–H groups in total. The van der Waals surface area contributed by atoms with Crippen LogP contribution >= 0.6 is 0 Å². The molecule has 0 saturated heterocycles. The van der Waals surface area contributed by atoms with Crippen molar-refractivity contribution in [3.05, 3.63) is 76.7 Å². The fourth-order valence-corrected chi connectivity index (χ4v) is 3.06. The number of rotatable bonds is 5. The Kier molecular flexibility index (Phi) is 5.48. The average molecular weight is 388 g/mol. The summed E-state index contributed by atoms with van der Waals surface area (Å²) in [6.45, 7) is 3.94. The van der Waals surface area contributed by atoms with Gasteiger partial charge in [0.25, 0.3) is 5.91 Å². The minimum Gasteiger partial charge on any atom is -0.352 e. The molecule has 0 aliphatic carbocycles. The quantitative estimate of drug-likeness (QED) is 0.722. The Hall–Kier alpha value is -3.16. The molecule has 0 aliphatic heterocycles. The Labute approximate surface area is 160 Å². The van der Waals surface area contributed by atoms with E-state index in [1.54, 1.807) is 10.9 Å². The van der Waals surface area contributed by atoms with E-state index in [0.29, 0.717) is 12.2 Å². The normalized spacial score (nSPS) is 11.5. The number of nitrogens with zero attached hydrogens (tertiary/aromatic N) is 3. The number of benzene rings is 1. The molecule has 2 heterocycles. The first-order valence-corrected chi connectivity index (χ1v) is 8.70. The summed E-state index contributed by atoms with van der Waals surface area (Å²) in [6, 6.07) is 10.3. The summed E-state index contributed by atoms with van der Waals surface area (Å²) in [4.78, 5) is 16.5. The molecule has 3 rings (SSSR count). The summed E-state index contributed by atoms with van der Waals surface area (Å²) in [6.07, 6.45) is -2.46. The standard InChI is InChI=1S/C20H19F3N4O/c1-13-15(14(2)27(26-13)18-9-5-6-11-24-18)10-12-25-19(28)16-7-3-4-8-17(16)20(21,22)23/h3-9,11H,10,12H2,1-2H3,(H,25,28). The van der Waals surface area contributed by atoms with E-state index in [0.717, 1.165) is 23.0 Å². The summed E-state index contributed by atoms with van der Waals surface area (Å²) in [5.74, 6) is -0.0714. The third kappa shape index (κ3) is 4.05. The van der Waals surface area contributed by atoms with Crippen molar-refractivity contribution in [2.75, 3.05) is 6.54 Å². The number of nitrogens with one attached hydrogen (secondary N) is 1. The van der Waals surface area contributed by atoms with Crippen molar-refractivity contribution in [3.63, 3.8) is 0 Å². The van der Waals surface area contributed by atoms with Gasteiger partial charge in [0.2, 0.25) is 0 Å². The van der Waals surface area contributed by atoms with Gasteiger partial charge in [0.05, 0.1) is 16.8 Å². The van der Waals surface area contributed by atoms with Crippen molar-refractivity contribution in [2.45, 2.75) is 26.4 Å². The van der Waals surface area contributed by atoms with E-state index in [1.165, 1.54) is 18.2 Å². The van der Waals surface area contributed by atoms with Crippen LogP contribution in [0.4, 0.5) is 13.2 Å². The molecule has 0 atom stereocenters. The minimum absolute atomic E-state index is 0.195. The van der Waals surface area contributed by atoms with Crippen LogP contribution in [0.2, 0.25) is 0 Å². The SMILES string of the molecule is Cc1nn(-c2ccccn2)c(C)c1CCNC(=O)c1ccccc1C(F)(F)F. The number of hydrogen-bond acceptors (Lipinski definition) is 3. The molecule has 0 fully saturated rings. The number of alkyl halides is 3. The molecule has 146 valence electrons. The van der Waals surface area contributed by atoms with Crippen LogP contribution in [-0.2, 0) is 12.6 Å². The number of halogens is 3. The Balaban J connectivity index is 1.71. The van der Waals surface area contributed by atoms with E-state index >= 15 is 0 Å². The van der Waals surface area contributed by atoms with Gasteiger partial charge in [-0.1, -0.05) is 18.2 Å². The van der Waals surface area contributed by atoms with Gasteiger partial charge in [0, 0.05) is 18.4 Å². The molecule has 28 heavy (non-hydrogen) atoms. The van der Waals surface area contributed by atoms with E-state index in [1.807, 2.05) is 32.0 Å². The first-order valence-electron chi connectivity index (χ1n) is 8.70. The zero-order valence-electron chi connectivity index (χ0n) is 15.4. The fourth-order valence-electron chi connectivity index (χ4n) is 3.06. The highest BCUT2D eigenvalue weighted by molar-refractivity contribution is 5.95. The summed E-state index contributed by atoms with van der Waals surface area (Å²) < 4.78 is 40.9. The van der Waals surface area contributed by atoms with Gasteiger partial charge in [0.15, 0.2) is 5.82 Å². The second-order valence-electron chi connectivity index (χ2n) is 6.30. The third-order valence-corrected chi connectivity index (χ3v) is 4.45. The maximum atomic E-state index is 13.1. The number of aryl methyl sites for hydroxylation is 1. The van der Waals surface area contributed by atoms with Gasteiger partial charge in [-0.3, -0.25) is 4.79 Å². The largest absolute Gasteiger partial charge is 0.417 e. The number of hydrogen-bond donors (Lipinski definition) is 1. The molecule has 5 nitrogen and oxygen atoms in total. The number of pyridine rings is 1. The lowest BCUT2D eigenvalue weighted by Crippen LogP contribution is -2.28. The fraction of sp³-hybridized carbons (Fsp3) is 0.250.